The van der Waals surface area contributed by atoms with E-state index in [0.29, 0.717) is 29.3 Å². The molecule has 0 bridgehead atoms. The molecule has 0 saturated heterocycles. The number of nitrogens with two attached hydrogens (primary N) is 1. The van der Waals surface area contributed by atoms with Crippen LogP contribution in [0.5, 0.6) is 5.75 Å². The van der Waals surface area contributed by atoms with Crippen LogP contribution in [0.2, 0.25) is 0 Å². The maximum Gasteiger partial charge on any atom is 0.343 e. The number of hydrogen-bond donors (Lipinski definition) is 3. The first-order chi connectivity index (χ1) is 16.9. The maximum absolute atomic E-state index is 12.8. The number of carbonyl (C=O) groups excluding carboxylic acids is 3. The summed E-state index contributed by atoms with van der Waals surface area (Å²) in [5, 5.41) is 5.77. The van der Waals surface area contributed by atoms with Gasteiger partial charge in [-0.15, -0.1) is 0 Å². The summed E-state index contributed by atoms with van der Waals surface area (Å²) in [5.41, 5.74) is 7.13. The number of nitrogens with one attached hydrogen (secondary N) is 2. The van der Waals surface area contributed by atoms with Crippen molar-refractivity contribution >= 4 is 46.7 Å². The fourth-order valence-corrected chi connectivity index (χ4v) is 3.54. The smallest absolute Gasteiger partial charge is 0.343 e. The average Bonchev–Trinajstić information content (AvgIpc) is 2.84. The largest absolute Gasteiger partial charge is 0.494 e. The third-order valence-electron chi connectivity index (χ3n) is 4.49. The standard InChI is InChI=1S/C24H25N5O5S/c1-3-33-16-11-9-15(10-12-16)27-22(31)17-7-5-6-8-19(17)28-20(30)14-35-24-26-13-18(21(25)29-24)23(32)34-4-2/h5-13H,3-4,14H2,1-2H3,(H,27,31)(H,28,30)(H2,25,26,29). The molecule has 11 heteroatoms. The fraction of sp³-hybridized carbons (Fsp3) is 0.208. The lowest BCUT2D eigenvalue weighted by Gasteiger charge is -2.12. The normalized spacial score (nSPS) is 10.3. The van der Waals surface area contributed by atoms with Crippen molar-refractivity contribution in [2.24, 2.45) is 0 Å². The molecule has 0 atom stereocenters. The van der Waals surface area contributed by atoms with Crippen molar-refractivity contribution in [2.45, 2.75) is 19.0 Å². The van der Waals surface area contributed by atoms with Gasteiger partial charge in [0.1, 0.15) is 17.1 Å². The van der Waals surface area contributed by atoms with Crippen LogP contribution in [-0.2, 0) is 9.53 Å². The Morgan fingerprint density at radius 2 is 1.71 bits per heavy atom. The molecule has 0 aliphatic heterocycles. The van der Waals surface area contributed by atoms with Crippen LogP contribution in [-0.4, -0.2) is 46.7 Å². The Bertz CT molecular complexity index is 1200. The van der Waals surface area contributed by atoms with Crippen LogP contribution < -0.4 is 21.1 Å². The highest BCUT2D eigenvalue weighted by Gasteiger charge is 2.16. The van der Waals surface area contributed by atoms with Crippen molar-refractivity contribution in [1.29, 1.82) is 0 Å². The Kier molecular flexibility index (Phi) is 9.02. The molecule has 182 valence electrons. The van der Waals surface area contributed by atoms with Crippen LogP contribution in [0.4, 0.5) is 17.2 Å². The first-order valence-electron chi connectivity index (χ1n) is 10.8. The summed E-state index contributed by atoms with van der Waals surface area (Å²) < 4.78 is 10.3. The molecule has 3 aromatic rings. The van der Waals surface area contributed by atoms with Gasteiger partial charge >= 0.3 is 5.97 Å². The van der Waals surface area contributed by atoms with Gasteiger partial charge in [0.05, 0.1) is 30.2 Å². The SMILES string of the molecule is CCOC(=O)c1cnc(SCC(=O)Nc2ccccc2C(=O)Nc2ccc(OCC)cc2)nc1N. The number of amides is 2. The molecule has 35 heavy (non-hydrogen) atoms. The van der Waals surface area contributed by atoms with Gasteiger partial charge in [0.2, 0.25) is 5.91 Å². The molecule has 2 amide bonds. The molecule has 1 aromatic heterocycles. The van der Waals surface area contributed by atoms with Crippen molar-refractivity contribution in [2.75, 3.05) is 35.3 Å². The highest BCUT2D eigenvalue weighted by Crippen LogP contribution is 2.21. The zero-order chi connectivity index (χ0) is 25.2. The highest BCUT2D eigenvalue weighted by molar-refractivity contribution is 7.99. The number of ether oxygens (including phenoxy) is 2. The molecular weight excluding hydrogens is 470 g/mol. The minimum absolute atomic E-state index is 0.0299. The highest BCUT2D eigenvalue weighted by atomic mass is 32.2. The third-order valence-corrected chi connectivity index (χ3v) is 5.35. The van der Waals surface area contributed by atoms with E-state index in [1.807, 2.05) is 6.92 Å². The molecule has 10 nitrogen and oxygen atoms in total. The topological polar surface area (TPSA) is 146 Å². The average molecular weight is 496 g/mol. The van der Waals surface area contributed by atoms with E-state index in [2.05, 4.69) is 20.6 Å². The maximum atomic E-state index is 12.8. The van der Waals surface area contributed by atoms with Gasteiger partial charge in [-0.1, -0.05) is 23.9 Å². The van der Waals surface area contributed by atoms with Crippen LogP contribution in [0, 0.1) is 0 Å². The van der Waals surface area contributed by atoms with Crippen molar-refractivity contribution < 1.29 is 23.9 Å². The third kappa shape index (κ3) is 7.18. The van der Waals surface area contributed by atoms with Gasteiger partial charge in [0.15, 0.2) is 5.16 Å². The summed E-state index contributed by atoms with van der Waals surface area (Å²) >= 11 is 1.04. The number of benzene rings is 2. The second kappa shape index (κ2) is 12.4. The van der Waals surface area contributed by atoms with Gasteiger partial charge in [-0.3, -0.25) is 9.59 Å². The predicted molar refractivity (Wildman–Crippen MR) is 134 cm³/mol. The van der Waals surface area contributed by atoms with Crippen molar-refractivity contribution in [3.8, 4) is 5.75 Å². The number of hydrogen-bond acceptors (Lipinski definition) is 9. The summed E-state index contributed by atoms with van der Waals surface area (Å²) in [4.78, 5) is 45.2. The Balaban J connectivity index is 1.60. The summed E-state index contributed by atoms with van der Waals surface area (Å²) in [6, 6.07) is 13.7. The zero-order valence-electron chi connectivity index (χ0n) is 19.2. The van der Waals surface area contributed by atoms with Gasteiger partial charge in [-0.25, -0.2) is 14.8 Å². The Labute approximate surface area is 206 Å². The Morgan fingerprint density at radius 1 is 0.971 bits per heavy atom. The second-order valence-electron chi connectivity index (χ2n) is 6.97. The monoisotopic (exact) mass is 495 g/mol. The van der Waals surface area contributed by atoms with Gasteiger partial charge in [-0.2, -0.15) is 0 Å². The van der Waals surface area contributed by atoms with E-state index in [9.17, 15) is 14.4 Å². The molecule has 2 aromatic carbocycles. The van der Waals surface area contributed by atoms with Gasteiger partial charge in [0.25, 0.3) is 5.91 Å². The van der Waals surface area contributed by atoms with Crippen LogP contribution in [0.15, 0.2) is 59.9 Å². The number of carbonyl (C=O) groups is 3. The van der Waals surface area contributed by atoms with Crippen LogP contribution in [0.3, 0.4) is 0 Å². The number of nitrogen functional groups attached to an aromatic ring is 1. The number of para-hydroxylation sites is 1. The van der Waals surface area contributed by atoms with Gasteiger partial charge in [-0.05, 0) is 50.2 Å². The lowest BCUT2D eigenvalue weighted by molar-refractivity contribution is -0.113. The van der Waals surface area contributed by atoms with Gasteiger partial charge in [0, 0.05) is 11.9 Å². The number of esters is 1. The molecule has 1 heterocycles. The summed E-state index contributed by atoms with van der Waals surface area (Å²) in [6.45, 7) is 4.33. The summed E-state index contributed by atoms with van der Waals surface area (Å²) in [5.74, 6) is -0.710. The first-order valence-corrected chi connectivity index (χ1v) is 11.7. The summed E-state index contributed by atoms with van der Waals surface area (Å²) in [7, 11) is 0. The Morgan fingerprint density at radius 3 is 2.40 bits per heavy atom. The van der Waals surface area contributed by atoms with Crippen LogP contribution in [0.1, 0.15) is 34.6 Å². The van der Waals surface area contributed by atoms with E-state index in [-0.39, 0.29) is 40.7 Å². The van der Waals surface area contributed by atoms with Crippen molar-refractivity contribution in [3.05, 3.63) is 65.9 Å². The molecule has 0 unspecified atom stereocenters. The quantitative estimate of drug-likeness (QED) is 0.218. The number of thioether (sulfide) groups is 1. The molecule has 0 saturated carbocycles. The van der Waals surface area contributed by atoms with Gasteiger partial charge < -0.3 is 25.8 Å². The molecule has 0 fully saturated rings. The predicted octanol–water partition coefficient (Wildman–Crippen LogP) is 3.62. The second-order valence-corrected chi connectivity index (χ2v) is 7.91. The molecule has 4 N–H and O–H groups in total. The molecular formula is C24H25N5O5S. The van der Waals surface area contributed by atoms with E-state index >= 15 is 0 Å². The number of aromatic nitrogens is 2. The van der Waals surface area contributed by atoms with E-state index in [1.165, 1.54) is 6.20 Å². The number of nitrogens with zero attached hydrogens (tertiary/aromatic N) is 2. The molecule has 0 radical (unpaired) electrons. The summed E-state index contributed by atoms with van der Waals surface area (Å²) in [6.07, 6.45) is 1.26. The minimum Gasteiger partial charge on any atom is -0.494 e. The zero-order valence-corrected chi connectivity index (χ0v) is 20.1. The number of anilines is 3. The Hall–Kier alpha value is -4.12. The molecule has 0 aliphatic rings. The van der Waals surface area contributed by atoms with E-state index < -0.39 is 5.97 Å². The molecule has 0 aliphatic carbocycles. The lowest BCUT2D eigenvalue weighted by Crippen LogP contribution is -2.19. The van der Waals surface area contributed by atoms with E-state index in [1.54, 1.807) is 55.5 Å². The molecule has 0 spiro atoms. The first kappa shape index (κ1) is 25.5. The molecule has 3 rings (SSSR count). The van der Waals surface area contributed by atoms with E-state index in [0.717, 1.165) is 11.8 Å². The van der Waals surface area contributed by atoms with Crippen LogP contribution in [0.25, 0.3) is 0 Å². The van der Waals surface area contributed by atoms with Crippen molar-refractivity contribution in [3.63, 3.8) is 0 Å². The fourth-order valence-electron chi connectivity index (χ4n) is 2.92. The lowest BCUT2D eigenvalue weighted by atomic mass is 10.1. The van der Waals surface area contributed by atoms with Crippen molar-refractivity contribution in [1.82, 2.24) is 9.97 Å². The minimum atomic E-state index is -0.612. The van der Waals surface area contributed by atoms with Crippen LogP contribution >= 0.6 is 11.8 Å². The number of rotatable bonds is 10. The van der Waals surface area contributed by atoms with E-state index in [4.69, 9.17) is 15.2 Å².